The Kier molecular flexibility index (Phi) is 4.10. The first-order valence-corrected chi connectivity index (χ1v) is 5.79. The van der Waals surface area contributed by atoms with Gasteiger partial charge >= 0.3 is 0 Å². The van der Waals surface area contributed by atoms with Crippen molar-refractivity contribution in [1.82, 2.24) is 5.48 Å². The Bertz CT molecular complexity index is 523. The van der Waals surface area contributed by atoms with Gasteiger partial charge in [-0.25, -0.2) is 5.48 Å². The Morgan fingerprint density at radius 1 is 1.06 bits per heavy atom. The van der Waals surface area contributed by atoms with Crippen molar-refractivity contribution in [3.63, 3.8) is 0 Å². The van der Waals surface area contributed by atoms with Crippen LogP contribution in [0.2, 0.25) is 0 Å². The van der Waals surface area contributed by atoms with Gasteiger partial charge in [-0.15, -0.1) is 0 Å². The molecule has 1 amide bonds. The van der Waals surface area contributed by atoms with Crippen molar-refractivity contribution in [1.29, 1.82) is 0 Å². The lowest BCUT2D eigenvalue weighted by Gasteiger charge is -2.07. The van der Waals surface area contributed by atoms with Crippen LogP contribution < -0.4 is 5.48 Å². The average Bonchev–Trinajstić information content (AvgIpc) is 2.40. The summed E-state index contributed by atoms with van der Waals surface area (Å²) in [6, 6.07) is 17.1. The van der Waals surface area contributed by atoms with Gasteiger partial charge in [-0.2, -0.15) is 0 Å². The van der Waals surface area contributed by atoms with Gasteiger partial charge in [-0.1, -0.05) is 48.5 Å². The van der Waals surface area contributed by atoms with Crippen molar-refractivity contribution in [2.24, 2.45) is 0 Å². The highest BCUT2D eigenvalue weighted by atomic mass is 16.6. The fourth-order valence-electron chi connectivity index (χ4n) is 1.64. The number of carbonyl (C=O) groups is 1. The summed E-state index contributed by atoms with van der Waals surface area (Å²) in [5.74, 6) is -0.218. The van der Waals surface area contributed by atoms with Crippen LogP contribution in [-0.4, -0.2) is 5.91 Å². The van der Waals surface area contributed by atoms with E-state index in [-0.39, 0.29) is 5.91 Å². The van der Waals surface area contributed by atoms with Crippen molar-refractivity contribution >= 4 is 5.91 Å². The van der Waals surface area contributed by atoms with Gasteiger partial charge in [-0.05, 0) is 24.1 Å². The number of carbonyl (C=O) groups excluding carboxylic acids is 1. The van der Waals surface area contributed by atoms with Crippen LogP contribution in [0.15, 0.2) is 54.6 Å². The first-order valence-electron chi connectivity index (χ1n) is 5.79. The molecule has 0 radical (unpaired) electrons. The zero-order chi connectivity index (χ0) is 12.8. The Morgan fingerprint density at radius 3 is 2.44 bits per heavy atom. The monoisotopic (exact) mass is 241 g/mol. The molecule has 0 aliphatic carbocycles. The minimum Gasteiger partial charge on any atom is -0.269 e. The number of hydrogen-bond acceptors (Lipinski definition) is 2. The minimum atomic E-state index is -0.218. The van der Waals surface area contributed by atoms with Crippen LogP contribution in [0.3, 0.4) is 0 Å². The second-order valence-electron chi connectivity index (χ2n) is 4.02. The zero-order valence-corrected chi connectivity index (χ0v) is 10.2. The molecule has 0 bridgehead atoms. The number of nitrogens with one attached hydrogen (secondary N) is 1. The number of hydroxylamine groups is 1. The SMILES string of the molecule is Cc1ccccc1C(=O)NOCc1ccccc1. The van der Waals surface area contributed by atoms with E-state index >= 15 is 0 Å². The van der Waals surface area contributed by atoms with Gasteiger partial charge in [0.05, 0.1) is 6.61 Å². The third-order valence-electron chi connectivity index (χ3n) is 2.64. The normalized spacial score (nSPS) is 10.1. The summed E-state index contributed by atoms with van der Waals surface area (Å²) in [5, 5.41) is 0. The Labute approximate surface area is 106 Å². The summed E-state index contributed by atoms with van der Waals surface area (Å²) < 4.78 is 0. The van der Waals surface area contributed by atoms with Crippen LogP contribution >= 0.6 is 0 Å². The van der Waals surface area contributed by atoms with Gasteiger partial charge in [-0.3, -0.25) is 9.63 Å². The Balaban J connectivity index is 1.88. The van der Waals surface area contributed by atoms with Crippen LogP contribution in [0.4, 0.5) is 0 Å². The van der Waals surface area contributed by atoms with Gasteiger partial charge in [0.15, 0.2) is 0 Å². The Morgan fingerprint density at radius 2 is 1.72 bits per heavy atom. The first-order chi connectivity index (χ1) is 8.77. The molecular weight excluding hydrogens is 226 g/mol. The summed E-state index contributed by atoms with van der Waals surface area (Å²) in [5.41, 5.74) is 5.02. The maximum absolute atomic E-state index is 11.8. The van der Waals surface area contributed by atoms with E-state index in [1.807, 2.05) is 55.5 Å². The smallest absolute Gasteiger partial charge is 0.269 e. The molecule has 2 rings (SSSR count). The zero-order valence-electron chi connectivity index (χ0n) is 10.2. The van der Waals surface area contributed by atoms with Crippen LogP contribution in [0.1, 0.15) is 21.5 Å². The highest BCUT2D eigenvalue weighted by molar-refractivity contribution is 5.94. The third-order valence-corrected chi connectivity index (χ3v) is 2.64. The molecule has 0 aliphatic rings. The van der Waals surface area contributed by atoms with E-state index in [4.69, 9.17) is 4.84 Å². The van der Waals surface area contributed by atoms with E-state index in [0.717, 1.165) is 11.1 Å². The molecule has 0 atom stereocenters. The molecule has 0 saturated carbocycles. The molecule has 0 aromatic heterocycles. The molecule has 0 heterocycles. The topological polar surface area (TPSA) is 38.3 Å². The van der Waals surface area contributed by atoms with E-state index in [1.165, 1.54) is 0 Å². The van der Waals surface area contributed by atoms with E-state index in [1.54, 1.807) is 6.07 Å². The van der Waals surface area contributed by atoms with Crippen molar-refractivity contribution in [2.45, 2.75) is 13.5 Å². The van der Waals surface area contributed by atoms with Crippen LogP contribution in [0.5, 0.6) is 0 Å². The summed E-state index contributed by atoms with van der Waals surface area (Å²) >= 11 is 0. The summed E-state index contributed by atoms with van der Waals surface area (Å²) in [6.07, 6.45) is 0. The van der Waals surface area contributed by atoms with Gasteiger partial charge in [0.2, 0.25) is 0 Å². The second kappa shape index (κ2) is 5.98. The predicted octanol–water partition coefficient (Wildman–Crippen LogP) is 2.86. The van der Waals surface area contributed by atoms with E-state index in [2.05, 4.69) is 5.48 Å². The first kappa shape index (κ1) is 12.3. The molecule has 0 aliphatic heterocycles. The minimum absolute atomic E-state index is 0.218. The second-order valence-corrected chi connectivity index (χ2v) is 4.02. The van der Waals surface area contributed by atoms with Gasteiger partial charge < -0.3 is 0 Å². The molecule has 3 nitrogen and oxygen atoms in total. The van der Waals surface area contributed by atoms with Crippen LogP contribution in [0.25, 0.3) is 0 Å². The molecule has 1 N–H and O–H groups in total. The molecule has 2 aromatic carbocycles. The Hall–Kier alpha value is -2.13. The molecule has 0 saturated heterocycles. The summed E-state index contributed by atoms with van der Waals surface area (Å²) in [7, 11) is 0. The molecular formula is C15H15NO2. The highest BCUT2D eigenvalue weighted by Crippen LogP contribution is 2.06. The maximum atomic E-state index is 11.8. The van der Waals surface area contributed by atoms with Crippen molar-refractivity contribution in [3.05, 3.63) is 71.3 Å². The average molecular weight is 241 g/mol. The van der Waals surface area contributed by atoms with Gasteiger partial charge in [0.1, 0.15) is 0 Å². The maximum Gasteiger partial charge on any atom is 0.275 e. The van der Waals surface area contributed by atoms with Crippen molar-refractivity contribution < 1.29 is 9.63 Å². The number of hydrogen-bond donors (Lipinski definition) is 1. The molecule has 0 spiro atoms. The highest BCUT2D eigenvalue weighted by Gasteiger charge is 2.07. The number of benzene rings is 2. The fourth-order valence-corrected chi connectivity index (χ4v) is 1.64. The lowest BCUT2D eigenvalue weighted by Crippen LogP contribution is -2.24. The lowest BCUT2D eigenvalue weighted by atomic mass is 10.1. The van der Waals surface area contributed by atoms with E-state index in [0.29, 0.717) is 12.2 Å². The molecule has 3 heteroatoms. The van der Waals surface area contributed by atoms with Crippen molar-refractivity contribution in [2.75, 3.05) is 0 Å². The predicted molar refractivity (Wildman–Crippen MR) is 69.9 cm³/mol. The van der Waals surface area contributed by atoms with E-state index < -0.39 is 0 Å². The van der Waals surface area contributed by atoms with Gasteiger partial charge in [0.25, 0.3) is 5.91 Å². The van der Waals surface area contributed by atoms with Crippen molar-refractivity contribution in [3.8, 4) is 0 Å². The summed E-state index contributed by atoms with van der Waals surface area (Å²) in [4.78, 5) is 17.0. The molecule has 92 valence electrons. The van der Waals surface area contributed by atoms with Gasteiger partial charge in [0, 0.05) is 5.56 Å². The number of rotatable bonds is 4. The number of amides is 1. The number of aryl methyl sites for hydroxylation is 1. The standard InChI is InChI=1S/C15H15NO2/c1-12-7-5-6-10-14(12)15(17)16-18-11-13-8-3-2-4-9-13/h2-10H,11H2,1H3,(H,16,17). The lowest BCUT2D eigenvalue weighted by molar-refractivity contribution is 0.0233. The van der Waals surface area contributed by atoms with Crippen LogP contribution in [-0.2, 0) is 11.4 Å². The van der Waals surface area contributed by atoms with Crippen LogP contribution in [0, 0.1) is 6.92 Å². The largest absolute Gasteiger partial charge is 0.275 e. The quantitative estimate of drug-likeness (QED) is 0.836. The van der Waals surface area contributed by atoms with E-state index in [9.17, 15) is 4.79 Å². The molecule has 0 fully saturated rings. The fraction of sp³-hybridized carbons (Fsp3) is 0.133. The molecule has 0 unspecified atom stereocenters. The summed E-state index contributed by atoms with van der Waals surface area (Å²) in [6.45, 7) is 2.25. The molecule has 18 heavy (non-hydrogen) atoms. The third kappa shape index (κ3) is 3.18. The molecule has 2 aromatic rings.